The normalized spacial score (nSPS) is 12.4. The Morgan fingerprint density at radius 3 is 2.41 bits per heavy atom. The van der Waals surface area contributed by atoms with Gasteiger partial charge in [0.25, 0.3) is 0 Å². The molecule has 0 bridgehead atoms. The Hall–Kier alpha value is -0.740. The maximum absolute atomic E-state index is 11.7. The lowest BCUT2D eigenvalue weighted by molar-refractivity contribution is 0.367. The van der Waals surface area contributed by atoms with E-state index in [-0.39, 0.29) is 10.8 Å². The molecule has 0 heterocycles. The average Bonchev–Trinajstić information content (AvgIpc) is 2.24. The quantitative estimate of drug-likeness (QED) is 0.817. The van der Waals surface area contributed by atoms with E-state index in [1.807, 2.05) is 20.8 Å². The molecule has 3 nitrogen and oxygen atoms in total. The van der Waals surface area contributed by atoms with Crippen LogP contribution in [0.15, 0.2) is 4.79 Å². The standard InChI is InChI=1S/C13H22N2OS/c1-6-15(5)8-7-14-10-9(13(2,3)4)11(16)12(10)17/h14H,6-8H2,1-5H3. The van der Waals surface area contributed by atoms with Crippen molar-refractivity contribution in [3.63, 3.8) is 0 Å². The van der Waals surface area contributed by atoms with Gasteiger partial charge in [-0.05, 0) is 19.0 Å². The molecule has 0 aliphatic heterocycles. The summed E-state index contributed by atoms with van der Waals surface area (Å²) >= 11 is 5.10. The molecule has 0 aromatic heterocycles. The maximum Gasteiger partial charge on any atom is 0.204 e. The number of rotatable bonds is 5. The van der Waals surface area contributed by atoms with E-state index in [9.17, 15) is 4.79 Å². The Kier molecular flexibility index (Phi) is 4.44. The van der Waals surface area contributed by atoms with Crippen LogP contribution in [0.5, 0.6) is 0 Å². The van der Waals surface area contributed by atoms with Gasteiger partial charge in [-0.1, -0.05) is 39.9 Å². The summed E-state index contributed by atoms with van der Waals surface area (Å²) in [7, 11) is 2.07. The minimum Gasteiger partial charge on any atom is -0.382 e. The van der Waals surface area contributed by atoms with E-state index in [0.29, 0.717) is 4.51 Å². The summed E-state index contributed by atoms with van der Waals surface area (Å²) in [6, 6.07) is 0. The topological polar surface area (TPSA) is 32.3 Å². The molecule has 4 heteroatoms. The summed E-state index contributed by atoms with van der Waals surface area (Å²) < 4.78 is 0.467. The predicted octanol–water partition coefficient (Wildman–Crippen LogP) is 2.31. The first-order chi connectivity index (χ1) is 7.79. The lowest BCUT2D eigenvalue weighted by Crippen LogP contribution is -2.32. The highest BCUT2D eigenvalue weighted by molar-refractivity contribution is 7.71. The number of hydrogen-bond donors (Lipinski definition) is 1. The van der Waals surface area contributed by atoms with Crippen LogP contribution in [0.2, 0.25) is 0 Å². The van der Waals surface area contributed by atoms with Crippen LogP contribution in [0, 0.1) is 4.51 Å². The van der Waals surface area contributed by atoms with Crippen molar-refractivity contribution in [1.29, 1.82) is 0 Å². The molecule has 0 aliphatic rings. The van der Waals surface area contributed by atoms with Crippen LogP contribution in [-0.4, -0.2) is 31.6 Å². The molecule has 0 saturated heterocycles. The molecule has 0 radical (unpaired) electrons. The maximum atomic E-state index is 11.7. The first kappa shape index (κ1) is 14.3. The van der Waals surface area contributed by atoms with Crippen molar-refractivity contribution in [2.24, 2.45) is 0 Å². The molecule has 17 heavy (non-hydrogen) atoms. The number of nitrogens with one attached hydrogen (secondary N) is 1. The van der Waals surface area contributed by atoms with Gasteiger partial charge in [-0.15, -0.1) is 0 Å². The van der Waals surface area contributed by atoms with Gasteiger partial charge in [0.2, 0.25) is 5.43 Å². The number of anilines is 1. The zero-order chi connectivity index (χ0) is 13.2. The lowest BCUT2D eigenvalue weighted by Gasteiger charge is -2.26. The summed E-state index contributed by atoms with van der Waals surface area (Å²) in [5.41, 5.74) is 1.65. The predicted molar refractivity (Wildman–Crippen MR) is 76.3 cm³/mol. The van der Waals surface area contributed by atoms with Crippen LogP contribution in [0.4, 0.5) is 5.69 Å². The number of hydrogen-bond acceptors (Lipinski definition) is 4. The molecule has 1 rings (SSSR count). The fourth-order valence-electron chi connectivity index (χ4n) is 1.81. The second kappa shape index (κ2) is 5.27. The van der Waals surface area contributed by atoms with E-state index < -0.39 is 0 Å². The van der Waals surface area contributed by atoms with Gasteiger partial charge in [0.1, 0.15) is 4.51 Å². The van der Waals surface area contributed by atoms with Gasteiger partial charge in [-0.3, -0.25) is 4.79 Å². The Balaban J connectivity index is 2.71. The number of likely N-dealkylation sites (N-methyl/N-ethyl adjacent to an activating group) is 1. The molecule has 0 unspecified atom stereocenters. The lowest BCUT2D eigenvalue weighted by atomic mass is 9.83. The fraction of sp³-hybridized carbons (Fsp3) is 0.692. The van der Waals surface area contributed by atoms with Gasteiger partial charge in [0.05, 0.1) is 5.69 Å². The number of nitrogens with zero attached hydrogens (tertiary/aromatic N) is 1. The third kappa shape index (κ3) is 3.13. The van der Waals surface area contributed by atoms with Gasteiger partial charge in [-0.2, -0.15) is 0 Å². The third-order valence-corrected chi connectivity index (χ3v) is 3.39. The van der Waals surface area contributed by atoms with Gasteiger partial charge in [-0.25, -0.2) is 0 Å². The molecule has 0 amide bonds. The van der Waals surface area contributed by atoms with Crippen molar-refractivity contribution in [1.82, 2.24) is 4.90 Å². The summed E-state index contributed by atoms with van der Waals surface area (Å²) in [4.78, 5) is 13.9. The molecule has 0 spiro atoms. The van der Waals surface area contributed by atoms with Gasteiger partial charge in [0.15, 0.2) is 0 Å². The van der Waals surface area contributed by atoms with E-state index in [4.69, 9.17) is 12.2 Å². The van der Waals surface area contributed by atoms with Gasteiger partial charge in [0, 0.05) is 18.7 Å². The zero-order valence-corrected chi connectivity index (χ0v) is 12.2. The third-order valence-electron chi connectivity index (χ3n) is 3.00. The van der Waals surface area contributed by atoms with E-state index >= 15 is 0 Å². The SMILES string of the molecule is CCN(C)CCNc1c(C(C)(C)C)c(=O)c1=S. The first-order valence-corrected chi connectivity index (χ1v) is 6.46. The second-order valence-electron chi connectivity index (χ2n) is 5.48. The van der Waals surface area contributed by atoms with Crippen molar-refractivity contribution >= 4 is 17.9 Å². The molecule has 0 aliphatic carbocycles. The minimum atomic E-state index is -0.127. The van der Waals surface area contributed by atoms with Crippen molar-refractivity contribution in [2.75, 3.05) is 32.0 Å². The van der Waals surface area contributed by atoms with Crippen LogP contribution >= 0.6 is 12.2 Å². The molecule has 1 aromatic carbocycles. The summed E-state index contributed by atoms with van der Waals surface area (Å²) in [5.74, 6) is 0. The van der Waals surface area contributed by atoms with Crippen LogP contribution in [0.1, 0.15) is 33.3 Å². The summed E-state index contributed by atoms with van der Waals surface area (Å²) in [6.07, 6.45) is 0. The highest BCUT2D eigenvalue weighted by Crippen LogP contribution is 2.29. The monoisotopic (exact) mass is 254 g/mol. The highest BCUT2D eigenvalue weighted by atomic mass is 32.1. The van der Waals surface area contributed by atoms with Crippen molar-refractivity contribution in [2.45, 2.75) is 33.1 Å². The second-order valence-corrected chi connectivity index (χ2v) is 5.89. The van der Waals surface area contributed by atoms with Crippen molar-refractivity contribution < 1.29 is 0 Å². The largest absolute Gasteiger partial charge is 0.382 e. The molecular weight excluding hydrogens is 232 g/mol. The van der Waals surface area contributed by atoms with Gasteiger partial charge < -0.3 is 10.2 Å². The van der Waals surface area contributed by atoms with Gasteiger partial charge >= 0.3 is 0 Å². The zero-order valence-electron chi connectivity index (χ0n) is 11.4. The molecule has 0 fully saturated rings. The van der Waals surface area contributed by atoms with Crippen molar-refractivity contribution in [3.8, 4) is 0 Å². The molecule has 1 N–H and O–H groups in total. The Bertz CT molecular complexity index is 452. The average molecular weight is 254 g/mol. The molecule has 96 valence electrons. The Labute approximate surface area is 109 Å². The van der Waals surface area contributed by atoms with E-state index in [1.54, 1.807) is 0 Å². The summed E-state index contributed by atoms with van der Waals surface area (Å²) in [5, 5.41) is 3.30. The molecule has 1 aromatic rings. The summed E-state index contributed by atoms with van der Waals surface area (Å²) in [6.45, 7) is 11.1. The molecular formula is C13H22N2OS. The van der Waals surface area contributed by atoms with E-state index in [0.717, 1.165) is 30.9 Å². The van der Waals surface area contributed by atoms with Crippen LogP contribution in [-0.2, 0) is 5.41 Å². The highest BCUT2D eigenvalue weighted by Gasteiger charge is 2.27. The van der Waals surface area contributed by atoms with Crippen molar-refractivity contribution in [3.05, 3.63) is 20.3 Å². The molecule has 0 saturated carbocycles. The molecule has 0 atom stereocenters. The van der Waals surface area contributed by atoms with Crippen LogP contribution < -0.4 is 10.7 Å². The first-order valence-electron chi connectivity index (χ1n) is 6.05. The Morgan fingerprint density at radius 1 is 1.35 bits per heavy atom. The smallest absolute Gasteiger partial charge is 0.204 e. The van der Waals surface area contributed by atoms with Crippen LogP contribution in [0.25, 0.3) is 0 Å². The van der Waals surface area contributed by atoms with Crippen LogP contribution in [0.3, 0.4) is 0 Å². The Morgan fingerprint density at radius 2 is 1.94 bits per heavy atom. The van der Waals surface area contributed by atoms with E-state index in [2.05, 4.69) is 24.2 Å². The minimum absolute atomic E-state index is 0.0406. The van der Waals surface area contributed by atoms with E-state index in [1.165, 1.54) is 0 Å². The fourth-order valence-corrected chi connectivity index (χ4v) is 2.08.